The van der Waals surface area contributed by atoms with E-state index in [-0.39, 0.29) is 6.42 Å². The highest BCUT2D eigenvalue weighted by molar-refractivity contribution is 9.10. The molecule has 0 fully saturated rings. The molecule has 0 unspecified atom stereocenters. The van der Waals surface area contributed by atoms with Crippen LogP contribution in [0.4, 0.5) is 4.79 Å². The number of hydrogen-bond donors (Lipinski definition) is 1. The summed E-state index contributed by atoms with van der Waals surface area (Å²) in [5.41, 5.74) is 0.192. The molecule has 0 aromatic heterocycles. The van der Waals surface area contributed by atoms with Gasteiger partial charge in [-0.3, -0.25) is 4.79 Å². The molecule has 0 aliphatic rings. The smallest absolute Gasteiger partial charge is 0.408 e. The zero-order chi connectivity index (χ0) is 16.0. The van der Waals surface area contributed by atoms with E-state index in [9.17, 15) is 9.59 Å². The van der Waals surface area contributed by atoms with E-state index in [1.54, 1.807) is 20.8 Å². The summed E-state index contributed by atoms with van der Waals surface area (Å²) in [7, 11) is 1.31. The van der Waals surface area contributed by atoms with Gasteiger partial charge in [-0.2, -0.15) is 0 Å². The van der Waals surface area contributed by atoms with Crippen LogP contribution in [-0.4, -0.2) is 24.8 Å². The highest BCUT2D eigenvalue weighted by Gasteiger charge is 2.23. The molecule has 1 rings (SSSR count). The first-order valence-corrected chi connectivity index (χ1v) is 7.32. The maximum atomic E-state index is 11.9. The fourth-order valence-electron chi connectivity index (χ4n) is 1.68. The van der Waals surface area contributed by atoms with E-state index >= 15 is 0 Å². The van der Waals surface area contributed by atoms with E-state index in [2.05, 4.69) is 26.0 Å². The number of carbonyl (C=O) groups is 2. The molecule has 0 saturated carbocycles. The highest BCUT2D eigenvalue weighted by Crippen LogP contribution is 2.22. The number of esters is 1. The van der Waals surface area contributed by atoms with Crippen molar-refractivity contribution in [2.75, 3.05) is 7.11 Å². The average Bonchev–Trinajstić information content (AvgIpc) is 2.35. The number of halogens is 1. The van der Waals surface area contributed by atoms with Gasteiger partial charge in [0.1, 0.15) is 5.60 Å². The van der Waals surface area contributed by atoms with Gasteiger partial charge in [0.05, 0.1) is 19.6 Å². The first-order chi connectivity index (χ1) is 9.71. The van der Waals surface area contributed by atoms with Crippen molar-refractivity contribution >= 4 is 28.0 Å². The Morgan fingerprint density at radius 1 is 1.33 bits per heavy atom. The van der Waals surface area contributed by atoms with Crippen molar-refractivity contribution in [3.8, 4) is 0 Å². The molecule has 6 heteroatoms. The van der Waals surface area contributed by atoms with Crippen LogP contribution < -0.4 is 5.32 Å². The zero-order valence-electron chi connectivity index (χ0n) is 12.6. The molecule has 5 nitrogen and oxygen atoms in total. The van der Waals surface area contributed by atoms with Gasteiger partial charge in [-0.05, 0) is 38.5 Å². The number of benzene rings is 1. The van der Waals surface area contributed by atoms with Gasteiger partial charge < -0.3 is 14.8 Å². The van der Waals surface area contributed by atoms with Gasteiger partial charge in [-0.1, -0.05) is 28.1 Å². The van der Waals surface area contributed by atoms with Gasteiger partial charge in [-0.15, -0.1) is 0 Å². The summed E-state index contributed by atoms with van der Waals surface area (Å²) in [5.74, 6) is -0.406. The summed E-state index contributed by atoms with van der Waals surface area (Å²) < 4.78 is 10.8. The summed E-state index contributed by atoms with van der Waals surface area (Å²) in [6.45, 7) is 5.34. The lowest BCUT2D eigenvalue weighted by molar-refractivity contribution is -0.141. The van der Waals surface area contributed by atoms with Crippen molar-refractivity contribution < 1.29 is 19.1 Å². The number of ether oxygens (including phenoxy) is 2. The minimum atomic E-state index is -0.600. The molecule has 0 spiro atoms. The Kier molecular flexibility index (Phi) is 6.20. The van der Waals surface area contributed by atoms with Crippen LogP contribution in [0.1, 0.15) is 38.8 Å². The molecule has 21 heavy (non-hydrogen) atoms. The lowest BCUT2D eigenvalue weighted by atomic mass is 10.0. The van der Waals surface area contributed by atoms with Crippen LogP contribution >= 0.6 is 15.9 Å². The quantitative estimate of drug-likeness (QED) is 0.836. The van der Waals surface area contributed by atoms with Gasteiger partial charge in [0.25, 0.3) is 0 Å². The van der Waals surface area contributed by atoms with Gasteiger partial charge >= 0.3 is 12.1 Å². The lowest BCUT2D eigenvalue weighted by Gasteiger charge is -2.23. The fraction of sp³-hybridized carbons (Fsp3) is 0.467. The van der Waals surface area contributed by atoms with Crippen LogP contribution in [0.25, 0.3) is 0 Å². The van der Waals surface area contributed by atoms with Crippen molar-refractivity contribution in [1.29, 1.82) is 0 Å². The van der Waals surface area contributed by atoms with Crippen molar-refractivity contribution in [2.24, 2.45) is 0 Å². The second-order valence-electron chi connectivity index (χ2n) is 5.53. The molecule has 0 radical (unpaired) electrons. The van der Waals surface area contributed by atoms with Crippen molar-refractivity contribution in [3.05, 3.63) is 34.3 Å². The van der Waals surface area contributed by atoms with Crippen molar-refractivity contribution in [1.82, 2.24) is 5.32 Å². The second-order valence-corrected chi connectivity index (χ2v) is 6.45. The lowest BCUT2D eigenvalue weighted by Crippen LogP contribution is -2.36. The fourth-order valence-corrected chi connectivity index (χ4v) is 2.09. The summed E-state index contributed by atoms with van der Waals surface area (Å²) in [6.07, 6.45) is -0.539. The summed E-state index contributed by atoms with van der Waals surface area (Å²) >= 11 is 3.37. The standard InChI is InChI=1S/C15H20BrNO4/c1-15(2,3)21-14(19)17-12(9-13(18)20-4)10-6-5-7-11(16)8-10/h5-8,12H,9H2,1-4H3,(H,17,19)/t12-/m1/s1. The number of rotatable bonds is 4. The van der Waals surface area contributed by atoms with E-state index in [4.69, 9.17) is 4.74 Å². The van der Waals surface area contributed by atoms with Crippen molar-refractivity contribution in [3.63, 3.8) is 0 Å². The Morgan fingerprint density at radius 2 is 2.00 bits per heavy atom. The molecular formula is C15H20BrNO4. The maximum Gasteiger partial charge on any atom is 0.408 e. The van der Waals surface area contributed by atoms with Crippen LogP contribution in [0.5, 0.6) is 0 Å². The molecule has 1 N–H and O–H groups in total. The van der Waals surface area contributed by atoms with E-state index < -0.39 is 23.7 Å². The minimum Gasteiger partial charge on any atom is -0.469 e. The van der Waals surface area contributed by atoms with Crippen LogP contribution in [0, 0.1) is 0 Å². The Hall–Kier alpha value is -1.56. The third-order valence-electron chi connectivity index (χ3n) is 2.54. The molecule has 116 valence electrons. The van der Waals surface area contributed by atoms with Crippen LogP contribution in [0.2, 0.25) is 0 Å². The number of amides is 1. The number of nitrogens with one attached hydrogen (secondary N) is 1. The number of alkyl carbamates (subject to hydrolysis) is 1. The van der Waals surface area contributed by atoms with Crippen LogP contribution in [0.15, 0.2) is 28.7 Å². The van der Waals surface area contributed by atoms with E-state index in [0.29, 0.717) is 0 Å². The molecule has 1 atom stereocenters. The van der Waals surface area contributed by atoms with Gasteiger partial charge in [0, 0.05) is 4.47 Å². The normalized spacial score (nSPS) is 12.4. The summed E-state index contributed by atoms with van der Waals surface area (Å²) in [5, 5.41) is 2.70. The van der Waals surface area contributed by atoms with E-state index in [1.165, 1.54) is 7.11 Å². The predicted octanol–water partition coefficient (Wildman–Crippen LogP) is 3.58. The third-order valence-corrected chi connectivity index (χ3v) is 3.03. The Labute approximate surface area is 133 Å². The Morgan fingerprint density at radius 3 is 2.52 bits per heavy atom. The third kappa shape index (κ3) is 6.62. The number of methoxy groups -OCH3 is 1. The topological polar surface area (TPSA) is 64.6 Å². The SMILES string of the molecule is COC(=O)C[C@@H](NC(=O)OC(C)(C)C)c1cccc(Br)c1. The summed E-state index contributed by atoms with van der Waals surface area (Å²) in [6, 6.07) is 6.86. The Bertz CT molecular complexity index is 511. The first-order valence-electron chi connectivity index (χ1n) is 6.53. The maximum absolute atomic E-state index is 11.9. The zero-order valence-corrected chi connectivity index (χ0v) is 14.2. The molecule has 0 saturated heterocycles. The Balaban J connectivity index is 2.87. The molecular weight excluding hydrogens is 338 g/mol. The summed E-state index contributed by atoms with van der Waals surface area (Å²) in [4.78, 5) is 23.4. The van der Waals surface area contributed by atoms with Gasteiger partial charge in [0.2, 0.25) is 0 Å². The minimum absolute atomic E-state index is 0.0339. The molecule has 0 aliphatic carbocycles. The van der Waals surface area contributed by atoms with Gasteiger partial charge in [0.15, 0.2) is 0 Å². The molecule has 1 aromatic rings. The number of hydrogen-bond acceptors (Lipinski definition) is 4. The monoisotopic (exact) mass is 357 g/mol. The van der Waals surface area contributed by atoms with Crippen molar-refractivity contribution in [2.45, 2.75) is 38.8 Å². The first kappa shape index (κ1) is 17.5. The molecule has 0 aliphatic heterocycles. The largest absolute Gasteiger partial charge is 0.469 e. The van der Waals surface area contributed by atoms with E-state index in [1.807, 2.05) is 24.3 Å². The predicted molar refractivity (Wildman–Crippen MR) is 82.9 cm³/mol. The number of carbonyl (C=O) groups excluding carboxylic acids is 2. The average molecular weight is 358 g/mol. The molecule has 0 heterocycles. The molecule has 1 aromatic carbocycles. The highest BCUT2D eigenvalue weighted by atomic mass is 79.9. The van der Waals surface area contributed by atoms with E-state index in [0.717, 1.165) is 10.0 Å². The second kappa shape index (κ2) is 7.45. The van der Waals surface area contributed by atoms with Gasteiger partial charge in [-0.25, -0.2) is 4.79 Å². The molecule has 1 amide bonds. The molecule has 0 bridgehead atoms. The van der Waals surface area contributed by atoms with Crippen LogP contribution in [-0.2, 0) is 14.3 Å². The van der Waals surface area contributed by atoms with Crippen LogP contribution in [0.3, 0.4) is 0 Å².